The van der Waals surface area contributed by atoms with E-state index in [1.807, 2.05) is 29.2 Å². The van der Waals surface area contributed by atoms with Crippen LogP contribution in [0.2, 0.25) is 0 Å². The van der Waals surface area contributed by atoms with Gasteiger partial charge in [-0.25, -0.2) is 0 Å². The van der Waals surface area contributed by atoms with Gasteiger partial charge in [0.2, 0.25) is 5.96 Å². The minimum Gasteiger partial charge on any atom is -0.312 e. The summed E-state index contributed by atoms with van der Waals surface area (Å²) in [6.45, 7) is 4.48. The van der Waals surface area contributed by atoms with Crippen molar-refractivity contribution in [1.29, 1.82) is 0 Å². The highest BCUT2D eigenvalue weighted by atomic mass is 79.9. The van der Waals surface area contributed by atoms with Gasteiger partial charge in [-0.2, -0.15) is 0 Å². The highest BCUT2D eigenvalue weighted by Gasteiger charge is 2.42. The molecule has 0 aliphatic carbocycles. The monoisotopic (exact) mass is 436 g/mol. The number of carbonyl (C=O) groups is 1. The Morgan fingerprint density at radius 2 is 1.75 bits per heavy atom. The predicted octanol–water partition coefficient (Wildman–Crippen LogP) is 3.23. The van der Waals surface area contributed by atoms with Crippen molar-refractivity contribution in [2.45, 2.75) is 13.1 Å². The Morgan fingerprint density at radius 3 is 2.57 bits per heavy atom. The molecule has 0 N–H and O–H groups in total. The van der Waals surface area contributed by atoms with E-state index in [-0.39, 0.29) is 5.91 Å². The van der Waals surface area contributed by atoms with Gasteiger partial charge in [0.1, 0.15) is 0 Å². The number of guanidine groups is 1. The van der Waals surface area contributed by atoms with Crippen LogP contribution in [0.15, 0.2) is 75.3 Å². The lowest BCUT2D eigenvalue weighted by atomic mass is 10.1. The minimum atomic E-state index is 0.0956. The van der Waals surface area contributed by atoms with Crippen LogP contribution in [-0.2, 0) is 17.9 Å². The van der Waals surface area contributed by atoms with Gasteiger partial charge >= 0.3 is 0 Å². The van der Waals surface area contributed by atoms with Crippen molar-refractivity contribution in [1.82, 2.24) is 14.7 Å². The van der Waals surface area contributed by atoms with E-state index in [0.717, 1.165) is 53.4 Å². The molecule has 0 spiro atoms. The molecular formula is C22H21BrN4O. The predicted molar refractivity (Wildman–Crippen MR) is 112 cm³/mol. The van der Waals surface area contributed by atoms with Gasteiger partial charge in [-0.3, -0.25) is 19.6 Å². The van der Waals surface area contributed by atoms with E-state index in [9.17, 15) is 4.79 Å². The smallest absolute Gasteiger partial charge is 0.259 e. The summed E-state index contributed by atoms with van der Waals surface area (Å²) >= 11 is 3.61. The number of nitrogens with zero attached hydrogens (tertiary/aromatic N) is 4. The third-order valence-electron chi connectivity index (χ3n) is 5.53. The van der Waals surface area contributed by atoms with Crippen LogP contribution in [0.5, 0.6) is 0 Å². The van der Waals surface area contributed by atoms with Crippen LogP contribution < -0.4 is 0 Å². The SMILES string of the molecule is O=C1C2=C(CN(Cc3ccccc3)C2)N2CCN=C2N1Cc1ccccc1Br. The molecule has 5 rings (SSSR count). The van der Waals surface area contributed by atoms with Gasteiger partial charge in [0.15, 0.2) is 0 Å². The van der Waals surface area contributed by atoms with Crippen LogP contribution in [-0.4, -0.2) is 52.7 Å². The Kier molecular flexibility index (Phi) is 4.53. The van der Waals surface area contributed by atoms with E-state index in [2.05, 4.69) is 61.1 Å². The quantitative estimate of drug-likeness (QED) is 0.738. The van der Waals surface area contributed by atoms with Crippen LogP contribution in [0.25, 0.3) is 0 Å². The molecule has 2 aromatic carbocycles. The summed E-state index contributed by atoms with van der Waals surface area (Å²) in [6.07, 6.45) is 0. The van der Waals surface area contributed by atoms with E-state index >= 15 is 0 Å². The zero-order valence-corrected chi connectivity index (χ0v) is 17.1. The lowest BCUT2D eigenvalue weighted by molar-refractivity contribution is -0.125. The first-order chi connectivity index (χ1) is 13.7. The summed E-state index contributed by atoms with van der Waals surface area (Å²) in [7, 11) is 0. The van der Waals surface area contributed by atoms with E-state index in [4.69, 9.17) is 0 Å². The molecule has 0 unspecified atom stereocenters. The largest absolute Gasteiger partial charge is 0.312 e. The third kappa shape index (κ3) is 3.06. The van der Waals surface area contributed by atoms with Gasteiger partial charge in [-0.05, 0) is 17.2 Å². The molecule has 3 heterocycles. The highest BCUT2D eigenvalue weighted by molar-refractivity contribution is 9.10. The third-order valence-corrected chi connectivity index (χ3v) is 6.30. The van der Waals surface area contributed by atoms with Gasteiger partial charge in [0.05, 0.1) is 18.7 Å². The van der Waals surface area contributed by atoms with Crippen LogP contribution in [0.1, 0.15) is 11.1 Å². The second-order valence-electron chi connectivity index (χ2n) is 7.37. The molecule has 3 aliphatic heterocycles. The maximum absolute atomic E-state index is 13.4. The number of hydrogen-bond acceptors (Lipinski definition) is 4. The molecule has 3 aliphatic rings. The normalized spacial score (nSPS) is 19.2. The van der Waals surface area contributed by atoms with Gasteiger partial charge in [-0.15, -0.1) is 0 Å². The second-order valence-corrected chi connectivity index (χ2v) is 8.23. The molecule has 0 radical (unpaired) electrons. The Morgan fingerprint density at radius 1 is 0.964 bits per heavy atom. The average molecular weight is 437 g/mol. The number of hydrogen-bond donors (Lipinski definition) is 0. The van der Waals surface area contributed by atoms with Crippen LogP contribution in [0, 0.1) is 0 Å². The van der Waals surface area contributed by atoms with Gasteiger partial charge < -0.3 is 4.90 Å². The Labute approximate surface area is 173 Å². The molecule has 0 saturated carbocycles. The first-order valence-corrected chi connectivity index (χ1v) is 10.4. The molecule has 0 atom stereocenters. The fraction of sp³-hybridized carbons (Fsp3) is 0.273. The molecule has 5 nitrogen and oxygen atoms in total. The van der Waals surface area contributed by atoms with Gasteiger partial charge in [-0.1, -0.05) is 64.5 Å². The number of aliphatic imine (C=N–C) groups is 1. The minimum absolute atomic E-state index is 0.0956. The average Bonchev–Trinajstić information content (AvgIpc) is 3.34. The summed E-state index contributed by atoms with van der Waals surface area (Å²) in [5.74, 6) is 0.902. The Hall–Kier alpha value is -2.44. The fourth-order valence-electron chi connectivity index (χ4n) is 4.19. The van der Waals surface area contributed by atoms with E-state index in [1.54, 1.807) is 0 Å². The van der Waals surface area contributed by atoms with Crippen LogP contribution in [0.4, 0.5) is 0 Å². The Balaban J connectivity index is 1.40. The lowest BCUT2D eigenvalue weighted by Crippen LogP contribution is -2.49. The molecule has 1 amide bonds. The van der Waals surface area contributed by atoms with Crippen molar-refractivity contribution in [2.75, 3.05) is 26.2 Å². The first kappa shape index (κ1) is 17.6. The standard InChI is InChI=1S/C22H21BrN4O/c23-19-9-5-4-8-17(19)13-27-21(28)18-14-25(12-16-6-2-1-3-7-16)15-20(18)26-11-10-24-22(26)27/h1-9H,10-15H2. The summed E-state index contributed by atoms with van der Waals surface area (Å²) in [5, 5.41) is 0. The molecule has 142 valence electrons. The molecule has 0 fully saturated rings. The van der Waals surface area contributed by atoms with Gasteiger partial charge in [0.25, 0.3) is 5.91 Å². The van der Waals surface area contributed by atoms with Crippen LogP contribution in [0.3, 0.4) is 0 Å². The van der Waals surface area contributed by atoms with Crippen molar-refractivity contribution in [3.8, 4) is 0 Å². The van der Waals surface area contributed by atoms with E-state index in [1.165, 1.54) is 5.56 Å². The molecule has 6 heteroatoms. The van der Waals surface area contributed by atoms with Crippen molar-refractivity contribution in [3.63, 3.8) is 0 Å². The number of halogens is 1. The zero-order chi connectivity index (χ0) is 19.1. The maximum atomic E-state index is 13.4. The summed E-state index contributed by atoms with van der Waals surface area (Å²) in [5.41, 5.74) is 4.42. The lowest BCUT2D eigenvalue weighted by Gasteiger charge is -2.35. The Bertz CT molecular complexity index is 985. The molecular weight excluding hydrogens is 416 g/mol. The van der Waals surface area contributed by atoms with Gasteiger partial charge in [0, 0.05) is 36.3 Å². The second kappa shape index (κ2) is 7.18. The summed E-state index contributed by atoms with van der Waals surface area (Å²) in [4.78, 5) is 24.5. The number of carbonyl (C=O) groups excluding carboxylic acids is 1. The fourth-order valence-corrected chi connectivity index (χ4v) is 4.60. The molecule has 0 bridgehead atoms. The molecule has 0 aromatic heterocycles. The maximum Gasteiger partial charge on any atom is 0.259 e. The number of amides is 1. The van der Waals surface area contributed by atoms with Crippen molar-refractivity contribution in [3.05, 3.63) is 81.5 Å². The van der Waals surface area contributed by atoms with Crippen molar-refractivity contribution < 1.29 is 4.79 Å². The summed E-state index contributed by atoms with van der Waals surface area (Å²) in [6, 6.07) is 18.5. The highest BCUT2D eigenvalue weighted by Crippen LogP contribution is 2.32. The topological polar surface area (TPSA) is 39.2 Å². The van der Waals surface area contributed by atoms with Crippen LogP contribution >= 0.6 is 15.9 Å². The van der Waals surface area contributed by atoms with E-state index < -0.39 is 0 Å². The van der Waals surface area contributed by atoms with Crippen molar-refractivity contribution in [2.24, 2.45) is 4.99 Å². The molecule has 28 heavy (non-hydrogen) atoms. The van der Waals surface area contributed by atoms with E-state index in [0.29, 0.717) is 13.1 Å². The number of fused-ring (bicyclic) bond motifs is 2. The number of rotatable bonds is 4. The van der Waals surface area contributed by atoms with Crippen molar-refractivity contribution >= 4 is 27.8 Å². The first-order valence-electron chi connectivity index (χ1n) is 9.56. The molecule has 2 aromatic rings. The molecule has 0 saturated heterocycles. The zero-order valence-electron chi connectivity index (χ0n) is 15.5. The number of benzene rings is 2. The summed E-state index contributed by atoms with van der Waals surface area (Å²) < 4.78 is 1.02.